The van der Waals surface area contributed by atoms with E-state index in [1.165, 1.54) is 18.2 Å². The predicted octanol–water partition coefficient (Wildman–Crippen LogP) is 4.32. The van der Waals surface area contributed by atoms with Crippen molar-refractivity contribution in [1.29, 1.82) is 0 Å². The van der Waals surface area contributed by atoms with Crippen LogP contribution in [-0.2, 0) is 21.5 Å². The van der Waals surface area contributed by atoms with Crippen LogP contribution in [0.3, 0.4) is 0 Å². The molecule has 1 saturated carbocycles. The fourth-order valence-corrected chi connectivity index (χ4v) is 4.26. The lowest BCUT2D eigenvalue weighted by Crippen LogP contribution is -2.38. The molecule has 1 atom stereocenters. The maximum Gasteiger partial charge on any atom is 0.573 e. The molecule has 3 aromatic carbocycles. The number of alkyl halides is 3. The molecule has 1 aliphatic rings. The van der Waals surface area contributed by atoms with Gasteiger partial charge in [0.2, 0.25) is 11.8 Å². The molecule has 3 aromatic rings. The van der Waals surface area contributed by atoms with Crippen LogP contribution in [0.2, 0.25) is 0 Å². The second kappa shape index (κ2) is 9.59. The topological polar surface area (TPSA) is 67.4 Å². The highest BCUT2D eigenvalue weighted by Crippen LogP contribution is 2.58. The molecule has 176 valence electrons. The molecule has 1 unspecified atom stereocenters. The molecule has 0 aromatic heterocycles. The minimum absolute atomic E-state index is 0.00512. The molecule has 1 aliphatic carbocycles. The van der Waals surface area contributed by atoms with Crippen molar-refractivity contribution >= 4 is 11.8 Å². The van der Waals surface area contributed by atoms with E-state index in [1.807, 2.05) is 60.7 Å². The minimum atomic E-state index is -4.79. The normalized spacial score (nSPS) is 16.4. The highest BCUT2D eigenvalue weighted by Gasteiger charge is 2.60. The average molecular weight is 468 g/mol. The van der Waals surface area contributed by atoms with Gasteiger partial charge in [0, 0.05) is 12.0 Å². The van der Waals surface area contributed by atoms with Gasteiger partial charge >= 0.3 is 6.36 Å². The molecule has 1 fully saturated rings. The van der Waals surface area contributed by atoms with Crippen molar-refractivity contribution < 1.29 is 27.5 Å². The summed E-state index contributed by atoms with van der Waals surface area (Å²) in [6.45, 7) is -0.223. The Bertz CT molecular complexity index is 1110. The summed E-state index contributed by atoms with van der Waals surface area (Å²) >= 11 is 0. The van der Waals surface area contributed by atoms with E-state index >= 15 is 0 Å². The van der Waals surface area contributed by atoms with Crippen LogP contribution in [0.25, 0.3) is 0 Å². The van der Waals surface area contributed by atoms with Crippen molar-refractivity contribution in [2.45, 2.75) is 24.7 Å². The molecule has 8 heteroatoms. The van der Waals surface area contributed by atoms with Gasteiger partial charge in [-0.05, 0) is 35.2 Å². The van der Waals surface area contributed by atoms with Crippen molar-refractivity contribution in [3.8, 4) is 5.75 Å². The van der Waals surface area contributed by atoms with Crippen LogP contribution in [0, 0.1) is 5.92 Å². The molecule has 0 radical (unpaired) electrons. The third-order valence-electron chi connectivity index (χ3n) is 5.90. The van der Waals surface area contributed by atoms with Crippen LogP contribution in [0.15, 0.2) is 84.9 Å². The van der Waals surface area contributed by atoms with E-state index in [0.29, 0.717) is 12.0 Å². The Morgan fingerprint density at radius 2 is 1.50 bits per heavy atom. The van der Waals surface area contributed by atoms with Crippen LogP contribution in [-0.4, -0.2) is 24.7 Å². The Morgan fingerprint density at radius 3 is 2.09 bits per heavy atom. The van der Waals surface area contributed by atoms with E-state index in [-0.39, 0.29) is 30.7 Å². The van der Waals surface area contributed by atoms with Crippen molar-refractivity contribution in [1.82, 2.24) is 10.6 Å². The maximum atomic E-state index is 12.9. The number of benzene rings is 3. The summed E-state index contributed by atoms with van der Waals surface area (Å²) in [5.74, 6) is -1.33. The van der Waals surface area contributed by atoms with Crippen molar-refractivity contribution in [2.24, 2.45) is 5.92 Å². The summed E-state index contributed by atoms with van der Waals surface area (Å²) in [7, 11) is 0. The molecule has 2 amide bonds. The van der Waals surface area contributed by atoms with Gasteiger partial charge in [0.05, 0.1) is 12.5 Å². The highest BCUT2D eigenvalue weighted by molar-refractivity contribution is 5.89. The van der Waals surface area contributed by atoms with E-state index in [2.05, 4.69) is 15.4 Å². The number of nitrogens with one attached hydrogen (secondary N) is 2. The number of carbonyl (C=O) groups excluding carboxylic acids is 2. The Balaban J connectivity index is 1.33. The monoisotopic (exact) mass is 468 g/mol. The molecule has 0 aliphatic heterocycles. The van der Waals surface area contributed by atoms with Gasteiger partial charge in [0.1, 0.15) is 5.75 Å². The SMILES string of the molecule is O=C(CNC(=O)C1CC1(c1ccccc1)c1ccccc1)NCc1cccc(OC(F)(F)F)c1. The van der Waals surface area contributed by atoms with E-state index in [1.54, 1.807) is 6.07 Å². The quantitative estimate of drug-likeness (QED) is 0.517. The van der Waals surface area contributed by atoms with E-state index < -0.39 is 17.7 Å². The zero-order valence-electron chi connectivity index (χ0n) is 18.1. The fourth-order valence-electron chi connectivity index (χ4n) is 4.26. The number of amides is 2. The van der Waals surface area contributed by atoms with Gasteiger partial charge in [-0.25, -0.2) is 0 Å². The van der Waals surface area contributed by atoms with Gasteiger partial charge in [0.25, 0.3) is 0 Å². The number of carbonyl (C=O) groups is 2. The second-order valence-electron chi connectivity index (χ2n) is 8.15. The first kappa shape index (κ1) is 23.4. The van der Waals surface area contributed by atoms with Crippen molar-refractivity contribution in [3.05, 3.63) is 102 Å². The molecular weight excluding hydrogens is 445 g/mol. The van der Waals surface area contributed by atoms with Gasteiger partial charge in [0.15, 0.2) is 0 Å². The second-order valence-corrected chi connectivity index (χ2v) is 8.15. The van der Waals surface area contributed by atoms with Crippen LogP contribution in [0.1, 0.15) is 23.1 Å². The molecule has 0 spiro atoms. The number of ether oxygens (including phenoxy) is 1. The lowest BCUT2D eigenvalue weighted by Gasteiger charge is -2.19. The first-order chi connectivity index (χ1) is 16.3. The Hall–Kier alpha value is -3.81. The van der Waals surface area contributed by atoms with E-state index in [0.717, 1.165) is 11.1 Å². The van der Waals surface area contributed by atoms with Gasteiger partial charge in [-0.2, -0.15) is 0 Å². The highest BCUT2D eigenvalue weighted by atomic mass is 19.4. The molecule has 34 heavy (non-hydrogen) atoms. The molecule has 5 nitrogen and oxygen atoms in total. The number of rotatable bonds is 8. The number of hydrogen-bond donors (Lipinski definition) is 2. The molecular formula is C26H23F3N2O3. The van der Waals surface area contributed by atoms with Gasteiger partial charge in [-0.15, -0.1) is 13.2 Å². The maximum absolute atomic E-state index is 12.9. The first-order valence-electron chi connectivity index (χ1n) is 10.8. The lowest BCUT2D eigenvalue weighted by atomic mass is 9.85. The molecule has 0 saturated heterocycles. The summed E-state index contributed by atoms with van der Waals surface area (Å²) in [6.07, 6.45) is -4.15. The molecule has 0 bridgehead atoms. The van der Waals surface area contributed by atoms with Crippen LogP contribution in [0.4, 0.5) is 13.2 Å². The van der Waals surface area contributed by atoms with Gasteiger partial charge < -0.3 is 15.4 Å². The van der Waals surface area contributed by atoms with Crippen LogP contribution < -0.4 is 15.4 Å². The van der Waals surface area contributed by atoms with Crippen LogP contribution >= 0.6 is 0 Å². The first-order valence-corrected chi connectivity index (χ1v) is 10.8. The van der Waals surface area contributed by atoms with E-state index in [9.17, 15) is 22.8 Å². The van der Waals surface area contributed by atoms with Crippen LogP contribution in [0.5, 0.6) is 5.75 Å². The number of halogens is 3. The zero-order valence-corrected chi connectivity index (χ0v) is 18.1. The van der Waals surface area contributed by atoms with Gasteiger partial charge in [-0.1, -0.05) is 72.8 Å². The molecule has 0 heterocycles. The largest absolute Gasteiger partial charge is 0.573 e. The standard InChI is InChI=1S/C26H23F3N2O3/c27-26(28,29)34-21-13-7-8-18(14-21)16-30-23(32)17-31-24(33)22-15-25(22,19-9-3-1-4-10-19)20-11-5-2-6-12-20/h1-14,22H,15-17H2,(H,30,32)(H,31,33). The third kappa shape index (κ3) is 5.39. The van der Waals surface area contributed by atoms with Crippen molar-refractivity contribution in [2.75, 3.05) is 6.54 Å². The summed E-state index contributed by atoms with van der Waals surface area (Å²) in [6, 6.07) is 25.0. The fraction of sp³-hybridized carbons (Fsp3) is 0.231. The minimum Gasteiger partial charge on any atom is -0.406 e. The summed E-state index contributed by atoms with van der Waals surface area (Å²) in [5.41, 5.74) is 2.11. The summed E-state index contributed by atoms with van der Waals surface area (Å²) in [5, 5.41) is 5.29. The predicted molar refractivity (Wildman–Crippen MR) is 120 cm³/mol. The van der Waals surface area contributed by atoms with Crippen molar-refractivity contribution in [3.63, 3.8) is 0 Å². The average Bonchev–Trinajstić information content (AvgIpc) is 3.59. The zero-order chi connectivity index (χ0) is 24.2. The van der Waals surface area contributed by atoms with E-state index in [4.69, 9.17) is 0 Å². The number of hydrogen-bond acceptors (Lipinski definition) is 3. The smallest absolute Gasteiger partial charge is 0.406 e. The molecule has 4 rings (SSSR count). The lowest BCUT2D eigenvalue weighted by molar-refractivity contribution is -0.274. The third-order valence-corrected chi connectivity index (χ3v) is 5.90. The molecule has 2 N–H and O–H groups in total. The summed E-state index contributed by atoms with van der Waals surface area (Å²) in [4.78, 5) is 25.2. The Labute approximate surface area is 194 Å². The summed E-state index contributed by atoms with van der Waals surface area (Å²) < 4.78 is 41.0. The van der Waals surface area contributed by atoms with Gasteiger partial charge in [-0.3, -0.25) is 9.59 Å². The Morgan fingerprint density at radius 1 is 0.882 bits per heavy atom. The Kier molecular flexibility index (Phi) is 6.58.